The van der Waals surface area contributed by atoms with Gasteiger partial charge in [-0.2, -0.15) is 0 Å². The maximum Gasteiger partial charge on any atom is 0.0702 e. The molecule has 0 saturated heterocycles. The number of fused-ring (bicyclic) bond motifs is 1. The lowest BCUT2D eigenvalue weighted by molar-refractivity contribution is 0.629. The predicted octanol–water partition coefficient (Wildman–Crippen LogP) is 3.64. The topological polar surface area (TPSA) is 37.8 Å². The van der Waals surface area contributed by atoms with Crippen LogP contribution in [0.3, 0.4) is 0 Å². The Balaban J connectivity index is 2.04. The van der Waals surface area contributed by atoms with E-state index in [9.17, 15) is 0 Å². The van der Waals surface area contributed by atoms with Gasteiger partial charge in [-0.1, -0.05) is 25.1 Å². The summed E-state index contributed by atoms with van der Waals surface area (Å²) in [6.45, 7) is 5.04. The number of benzene rings is 1. The van der Waals surface area contributed by atoms with E-state index >= 15 is 0 Å². The second kappa shape index (κ2) is 6.02. The molecule has 0 spiro atoms. The van der Waals surface area contributed by atoms with Gasteiger partial charge in [-0.15, -0.1) is 0 Å². The third kappa shape index (κ3) is 2.93. The van der Waals surface area contributed by atoms with Gasteiger partial charge in [0.25, 0.3) is 0 Å². The lowest BCUT2D eigenvalue weighted by Gasteiger charge is -2.19. The minimum absolute atomic E-state index is 0.160. The number of nitrogens with zero attached hydrogens (tertiary/aromatic N) is 2. The van der Waals surface area contributed by atoms with E-state index in [1.54, 1.807) is 0 Å². The summed E-state index contributed by atoms with van der Waals surface area (Å²) in [7, 11) is 0. The zero-order chi connectivity index (χ0) is 14.7. The van der Waals surface area contributed by atoms with Crippen molar-refractivity contribution in [2.75, 3.05) is 6.54 Å². The number of aromatic nitrogens is 2. The fourth-order valence-corrected chi connectivity index (χ4v) is 2.56. The monoisotopic (exact) mass is 277 g/mol. The molecule has 0 aliphatic rings. The fourth-order valence-electron chi connectivity index (χ4n) is 2.56. The van der Waals surface area contributed by atoms with Crippen LogP contribution >= 0.6 is 0 Å². The minimum atomic E-state index is 0.160. The number of hydrogen-bond acceptors (Lipinski definition) is 3. The Kier molecular flexibility index (Phi) is 3.93. The molecule has 0 bridgehead atoms. The van der Waals surface area contributed by atoms with Crippen LogP contribution in [0, 0.1) is 6.92 Å². The van der Waals surface area contributed by atoms with Crippen molar-refractivity contribution in [3.8, 4) is 0 Å². The number of rotatable bonds is 4. The molecule has 0 radical (unpaired) electrons. The predicted molar refractivity (Wildman–Crippen MR) is 86.2 cm³/mol. The molecule has 2 aromatic heterocycles. The van der Waals surface area contributed by atoms with Gasteiger partial charge in [0.2, 0.25) is 0 Å². The van der Waals surface area contributed by atoms with Crippen LogP contribution in [0.2, 0.25) is 0 Å². The Hall–Kier alpha value is -2.26. The Morgan fingerprint density at radius 3 is 2.67 bits per heavy atom. The SMILES string of the molecule is CCNC(c1ccc(C)nc1)c1ccc2ncccc2c1. The molecule has 0 amide bonds. The smallest absolute Gasteiger partial charge is 0.0702 e. The summed E-state index contributed by atoms with van der Waals surface area (Å²) in [6.07, 6.45) is 3.78. The first kappa shape index (κ1) is 13.7. The van der Waals surface area contributed by atoms with E-state index in [0.717, 1.165) is 23.1 Å². The Bertz CT molecular complexity index is 735. The highest BCUT2D eigenvalue weighted by molar-refractivity contribution is 5.79. The first-order chi connectivity index (χ1) is 10.3. The van der Waals surface area contributed by atoms with Gasteiger partial charge in [0.15, 0.2) is 0 Å². The summed E-state index contributed by atoms with van der Waals surface area (Å²) in [6, 6.07) is 14.9. The Labute approximate surface area is 125 Å². The summed E-state index contributed by atoms with van der Waals surface area (Å²) in [4.78, 5) is 8.80. The first-order valence-corrected chi connectivity index (χ1v) is 7.28. The van der Waals surface area contributed by atoms with E-state index in [2.05, 4.69) is 58.6 Å². The zero-order valence-electron chi connectivity index (χ0n) is 12.4. The molecule has 21 heavy (non-hydrogen) atoms. The van der Waals surface area contributed by atoms with E-state index in [1.165, 1.54) is 11.1 Å². The van der Waals surface area contributed by atoms with Crippen molar-refractivity contribution in [2.24, 2.45) is 0 Å². The highest BCUT2D eigenvalue weighted by Crippen LogP contribution is 2.24. The maximum atomic E-state index is 4.42. The highest BCUT2D eigenvalue weighted by Gasteiger charge is 2.13. The summed E-state index contributed by atoms with van der Waals surface area (Å²) in [5.74, 6) is 0. The third-order valence-electron chi connectivity index (χ3n) is 3.64. The molecule has 0 fully saturated rings. The van der Waals surface area contributed by atoms with E-state index in [-0.39, 0.29) is 6.04 Å². The summed E-state index contributed by atoms with van der Waals surface area (Å²) >= 11 is 0. The molecule has 1 unspecified atom stereocenters. The molecule has 3 aromatic rings. The van der Waals surface area contributed by atoms with Crippen molar-refractivity contribution in [2.45, 2.75) is 19.9 Å². The van der Waals surface area contributed by atoms with Gasteiger partial charge >= 0.3 is 0 Å². The Morgan fingerprint density at radius 2 is 1.90 bits per heavy atom. The van der Waals surface area contributed by atoms with Crippen molar-refractivity contribution in [3.05, 3.63) is 71.7 Å². The number of pyridine rings is 2. The van der Waals surface area contributed by atoms with Crippen molar-refractivity contribution >= 4 is 10.9 Å². The molecular weight excluding hydrogens is 258 g/mol. The lowest BCUT2D eigenvalue weighted by atomic mass is 9.98. The second-order valence-corrected chi connectivity index (χ2v) is 5.18. The van der Waals surface area contributed by atoms with Gasteiger partial charge in [0.1, 0.15) is 0 Å². The minimum Gasteiger partial charge on any atom is -0.306 e. The average molecular weight is 277 g/mol. The molecule has 1 atom stereocenters. The molecule has 0 saturated carbocycles. The standard InChI is InChI=1S/C18H19N3/c1-3-19-18(16-7-6-13(2)21-12-16)15-8-9-17-14(11-15)5-4-10-20-17/h4-12,18-19H,3H2,1-2H3. The van der Waals surface area contributed by atoms with Crippen LogP contribution in [-0.4, -0.2) is 16.5 Å². The quantitative estimate of drug-likeness (QED) is 0.791. The van der Waals surface area contributed by atoms with Crippen LogP contribution in [0.1, 0.15) is 29.8 Å². The Morgan fingerprint density at radius 1 is 1.05 bits per heavy atom. The van der Waals surface area contributed by atoms with Crippen LogP contribution in [0.5, 0.6) is 0 Å². The van der Waals surface area contributed by atoms with Gasteiger partial charge in [0, 0.05) is 23.5 Å². The van der Waals surface area contributed by atoms with Gasteiger partial charge in [-0.05, 0) is 48.9 Å². The molecule has 1 aromatic carbocycles. The molecule has 1 N–H and O–H groups in total. The highest BCUT2D eigenvalue weighted by atomic mass is 14.9. The molecule has 0 aliphatic heterocycles. The van der Waals surface area contributed by atoms with Crippen LogP contribution < -0.4 is 5.32 Å². The van der Waals surface area contributed by atoms with Crippen molar-refractivity contribution in [1.29, 1.82) is 0 Å². The maximum absolute atomic E-state index is 4.42. The second-order valence-electron chi connectivity index (χ2n) is 5.18. The number of hydrogen-bond donors (Lipinski definition) is 1. The molecule has 2 heterocycles. The number of nitrogens with one attached hydrogen (secondary N) is 1. The normalized spacial score (nSPS) is 12.5. The fraction of sp³-hybridized carbons (Fsp3) is 0.222. The van der Waals surface area contributed by atoms with Gasteiger partial charge < -0.3 is 5.32 Å². The third-order valence-corrected chi connectivity index (χ3v) is 3.64. The summed E-state index contributed by atoms with van der Waals surface area (Å²) in [5.41, 5.74) is 4.49. The van der Waals surface area contributed by atoms with Crippen LogP contribution in [0.25, 0.3) is 10.9 Å². The summed E-state index contributed by atoms with van der Waals surface area (Å²) < 4.78 is 0. The van der Waals surface area contributed by atoms with Crippen LogP contribution in [0.4, 0.5) is 0 Å². The average Bonchev–Trinajstić information content (AvgIpc) is 2.53. The van der Waals surface area contributed by atoms with E-state index in [4.69, 9.17) is 0 Å². The van der Waals surface area contributed by atoms with E-state index in [1.807, 2.05) is 25.4 Å². The molecule has 106 valence electrons. The summed E-state index contributed by atoms with van der Waals surface area (Å²) in [5, 5.41) is 4.70. The molecular formula is C18H19N3. The van der Waals surface area contributed by atoms with Crippen molar-refractivity contribution in [1.82, 2.24) is 15.3 Å². The van der Waals surface area contributed by atoms with Crippen LogP contribution in [-0.2, 0) is 0 Å². The van der Waals surface area contributed by atoms with E-state index in [0.29, 0.717) is 0 Å². The lowest BCUT2D eigenvalue weighted by Crippen LogP contribution is -2.22. The molecule has 3 rings (SSSR count). The van der Waals surface area contributed by atoms with E-state index < -0.39 is 0 Å². The van der Waals surface area contributed by atoms with Gasteiger partial charge in [-0.3, -0.25) is 9.97 Å². The van der Waals surface area contributed by atoms with Gasteiger partial charge in [0.05, 0.1) is 11.6 Å². The number of aryl methyl sites for hydroxylation is 1. The van der Waals surface area contributed by atoms with Crippen molar-refractivity contribution in [3.63, 3.8) is 0 Å². The zero-order valence-corrected chi connectivity index (χ0v) is 12.4. The molecule has 0 aliphatic carbocycles. The first-order valence-electron chi connectivity index (χ1n) is 7.28. The largest absolute Gasteiger partial charge is 0.306 e. The molecule has 3 nitrogen and oxygen atoms in total. The van der Waals surface area contributed by atoms with Crippen molar-refractivity contribution < 1.29 is 0 Å². The van der Waals surface area contributed by atoms with Crippen LogP contribution in [0.15, 0.2) is 54.9 Å². The van der Waals surface area contributed by atoms with Gasteiger partial charge in [-0.25, -0.2) is 0 Å². The molecule has 3 heteroatoms.